The Labute approximate surface area is 122 Å². The number of para-hydroxylation sites is 2. The van der Waals surface area contributed by atoms with Crippen molar-refractivity contribution in [3.8, 4) is 0 Å². The molecule has 0 aliphatic carbocycles. The maximum atomic E-state index is 12.0. The Morgan fingerprint density at radius 1 is 1.29 bits per heavy atom. The largest absolute Gasteiger partial charge is 0.448 e. The van der Waals surface area contributed by atoms with Gasteiger partial charge < -0.3 is 9.72 Å². The Morgan fingerprint density at radius 2 is 2.10 bits per heavy atom. The molecule has 1 aromatic heterocycles. The summed E-state index contributed by atoms with van der Waals surface area (Å²) in [4.78, 5) is 30.3. The molecule has 0 bridgehead atoms. The first-order valence-electron chi connectivity index (χ1n) is 6.89. The van der Waals surface area contributed by atoms with Crippen molar-refractivity contribution in [2.45, 2.75) is 13.8 Å². The lowest BCUT2D eigenvalue weighted by atomic mass is 10.3. The van der Waals surface area contributed by atoms with Crippen LogP contribution >= 0.6 is 0 Å². The summed E-state index contributed by atoms with van der Waals surface area (Å²) in [6.45, 7) is 5.28. The van der Waals surface area contributed by atoms with E-state index in [4.69, 9.17) is 14.5 Å². The van der Waals surface area contributed by atoms with Gasteiger partial charge in [0.25, 0.3) is 0 Å². The number of hydrogen-bond acceptors (Lipinski definition) is 5. The van der Waals surface area contributed by atoms with Crippen LogP contribution in [0.5, 0.6) is 0 Å². The number of imidazole rings is 1. The van der Waals surface area contributed by atoms with Crippen LogP contribution in [-0.4, -0.2) is 42.4 Å². The predicted molar refractivity (Wildman–Crippen MR) is 78.0 cm³/mol. The van der Waals surface area contributed by atoms with Crippen LogP contribution < -0.4 is 4.90 Å². The second-order valence-electron chi connectivity index (χ2n) is 4.19. The fraction of sp³-hybridized carbons (Fsp3) is 0.429. The van der Waals surface area contributed by atoms with Crippen molar-refractivity contribution in [3.05, 3.63) is 24.3 Å². The lowest BCUT2D eigenvalue weighted by Gasteiger charge is -2.16. The van der Waals surface area contributed by atoms with E-state index in [0.717, 1.165) is 11.0 Å². The molecule has 0 saturated heterocycles. The standard InChI is InChI=1S/C14H19N3O4/c1-3-17(14(18)21-20-10-9-19-4-2)13-15-11-7-5-6-8-12(11)16-13/h5-8H,3-4,9-10H2,1-2H3,(H,15,16). The molecule has 0 aliphatic heterocycles. The Morgan fingerprint density at radius 3 is 2.81 bits per heavy atom. The first kappa shape index (κ1) is 15.3. The SMILES string of the molecule is CCOCCOOC(=O)N(CC)c1nc2ccccc2[nH]1. The second-order valence-corrected chi connectivity index (χ2v) is 4.19. The molecule has 0 aliphatic rings. The number of amides is 1. The second kappa shape index (κ2) is 7.61. The molecule has 21 heavy (non-hydrogen) atoms. The van der Waals surface area contributed by atoms with Crippen LogP contribution in [0.2, 0.25) is 0 Å². The van der Waals surface area contributed by atoms with E-state index in [9.17, 15) is 4.79 Å². The van der Waals surface area contributed by atoms with Crippen molar-refractivity contribution in [1.82, 2.24) is 9.97 Å². The molecule has 1 amide bonds. The number of rotatable bonds is 7. The number of carbonyl (C=O) groups excluding carboxylic acids is 1. The molecule has 0 saturated carbocycles. The minimum atomic E-state index is -0.618. The van der Waals surface area contributed by atoms with Gasteiger partial charge in [0.05, 0.1) is 17.6 Å². The predicted octanol–water partition coefficient (Wildman–Crippen LogP) is 2.49. The molecule has 0 atom stereocenters. The number of nitrogens with one attached hydrogen (secondary N) is 1. The summed E-state index contributed by atoms with van der Waals surface area (Å²) in [5, 5.41) is 0. The van der Waals surface area contributed by atoms with E-state index in [-0.39, 0.29) is 6.61 Å². The number of nitrogens with zero attached hydrogens (tertiary/aromatic N) is 2. The number of anilines is 1. The summed E-state index contributed by atoms with van der Waals surface area (Å²) in [6, 6.07) is 7.55. The Bertz CT molecular complexity index is 551. The topological polar surface area (TPSA) is 76.7 Å². The van der Waals surface area contributed by atoms with Gasteiger partial charge in [-0.3, -0.25) is 4.89 Å². The number of aromatic nitrogens is 2. The van der Waals surface area contributed by atoms with E-state index in [1.54, 1.807) is 0 Å². The number of aromatic amines is 1. The van der Waals surface area contributed by atoms with Crippen molar-refractivity contribution in [2.24, 2.45) is 0 Å². The van der Waals surface area contributed by atoms with Crippen LogP contribution in [0, 0.1) is 0 Å². The van der Waals surface area contributed by atoms with Gasteiger partial charge in [-0.05, 0) is 26.0 Å². The van der Waals surface area contributed by atoms with Gasteiger partial charge in [0, 0.05) is 13.2 Å². The highest BCUT2D eigenvalue weighted by Gasteiger charge is 2.19. The fourth-order valence-corrected chi connectivity index (χ4v) is 1.81. The maximum Gasteiger partial charge on any atom is 0.448 e. The highest BCUT2D eigenvalue weighted by molar-refractivity contribution is 5.88. The van der Waals surface area contributed by atoms with E-state index >= 15 is 0 Å². The smallest absolute Gasteiger partial charge is 0.379 e. The monoisotopic (exact) mass is 293 g/mol. The third kappa shape index (κ3) is 3.93. The molecule has 7 heteroatoms. The Kier molecular flexibility index (Phi) is 5.53. The Hall–Kier alpha value is -2.12. The summed E-state index contributed by atoms with van der Waals surface area (Å²) in [6.07, 6.45) is -0.618. The number of benzene rings is 1. The molecule has 0 unspecified atom stereocenters. The summed E-state index contributed by atoms with van der Waals surface area (Å²) in [7, 11) is 0. The number of fused-ring (bicyclic) bond motifs is 1. The molecule has 1 heterocycles. The quantitative estimate of drug-likeness (QED) is 0.482. The first-order valence-corrected chi connectivity index (χ1v) is 6.89. The van der Waals surface area contributed by atoms with Crippen LogP contribution in [0.4, 0.5) is 10.7 Å². The van der Waals surface area contributed by atoms with Gasteiger partial charge in [-0.2, -0.15) is 4.89 Å². The van der Waals surface area contributed by atoms with Gasteiger partial charge in [0.1, 0.15) is 6.61 Å². The van der Waals surface area contributed by atoms with Gasteiger partial charge in [-0.25, -0.2) is 14.7 Å². The van der Waals surface area contributed by atoms with Crippen LogP contribution in [0.15, 0.2) is 24.3 Å². The zero-order chi connectivity index (χ0) is 15.1. The summed E-state index contributed by atoms with van der Waals surface area (Å²) < 4.78 is 5.08. The first-order chi connectivity index (χ1) is 10.3. The molecule has 0 fully saturated rings. The lowest BCUT2D eigenvalue weighted by Crippen LogP contribution is -2.32. The molecular formula is C14H19N3O4. The van der Waals surface area contributed by atoms with Crippen molar-refractivity contribution < 1.29 is 19.3 Å². The van der Waals surface area contributed by atoms with Crippen molar-refractivity contribution in [2.75, 3.05) is 31.3 Å². The molecule has 2 aromatic rings. The highest BCUT2D eigenvalue weighted by atomic mass is 17.2. The van der Waals surface area contributed by atoms with E-state index in [1.807, 2.05) is 38.1 Å². The van der Waals surface area contributed by atoms with Gasteiger partial charge in [0.2, 0.25) is 5.95 Å². The fourth-order valence-electron chi connectivity index (χ4n) is 1.81. The van der Waals surface area contributed by atoms with Crippen molar-refractivity contribution in [3.63, 3.8) is 0 Å². The zero-order valence-electron chi connectivity index (χ0n) is 12.2. The average Bonchev–Trinajstić information content (AvgIpc) is 2.91. The minimum absolute atomic E-state index is 0.192. The third-order valence-corrected chi connectivity index (χ3v) is 2.81. The molecular weight excluding hydrogens is 274 g/mol. The third-order valence-electron chi connectivity index (χ3n) is 2.81. The minimum Gasteiger partial charge on any atom is -0.379 e. The molecule has 0 spiro atoms. The average molecular weight is 293 g/mol. The summed E-state index contributed by atoms with van der Waals surface area (Å²) >= 11 is 0. The maximum absolute atomic E-state index is 12.0. The molecule has 2 rings (SSSR count). The highest BCUT2D eigenvalue weighted by Crippen LogP contribution is 2.17. The lowest BCUT2D eigenvalue weighted by molar-refractivity contribution is -0.243. The van der Waals surface area contributed by atoms with Gasteiger partial charge in [-0.1, -0.05) is 12.1 Å². The van der Waals surface area contributed by atoms with Crippen LogP contribution in [0.1, 0.15) is 13.8 Å². The van der Waals surface area contributed by atoms with Crippen molar-refractivity contribution in [1.29, 1.82) is 0 Å². The van der Waals surface area contributed by atoms with E-state index in [2.05, 4.69) is 9.97 Å². The molecule has 0 radical (unpaired) electrons. The zero-order valence-corrected chi connectivity index (χ0v) is 12.2. The number of H-pyrrole nitrogens is 1. The van der Waals surface area contributed by atoms with Gasteiger partial charge in [0.15, 0.2) is 0 Å². The van der Waals surface area contributed by atoms with Crippen LogP contribution in [0.3, 0.4) is 0 Å². The van der Waals surface area contributed by atoms with E-state index in [1.165, 1.54) is 4.90 Å². The molecule has 114 valence electrons. The summed E-state index contributed by atoms with van der Waals surface area (Å²) in [5.41, 5.74) is 1.65. The summed E-state index contributed by atoms with van der Waals surface area (Å²) in [5.74, 6) is 0.428. The molecule has 1 N–H and O–H groups in total. The van der Waals surface area contributed by atoms with E-state index < -0.39 is 6.09 Å². The molecule has 7 nitrogen and oxygen atoms in total. The van der Waals surface area contributed by atoms with Gasteiger partial charge >= 0.3 is 6.09 Å². The van der Waals surface area contributed by atoms with Gasteiger partial charge in [-0.15, -0.1) is 0 Å². The number of ether oxygens (including phenoxy) is 1. The van der Waals surface area contributed by atoms with Crippen LogP contribution in [0.25, 0.3) is 11.0 Å². The van der Waals surface area contributed by atoms with Crippen LogP contribution in [-0.2, 0) is 14.5 Å². The van der Waals surface area contributed by atoms with Crippen molar-refractivity contribution >= 4 is 23.1 Å². The van der Waals surface area contributed by atoms with E-state index in [0.29, 0.717) is 25.7 Å². The number of hydrogen-bond donors (Lipinski definition) is 1. The number of carbonyl (C=O) groups is 1. The normalized spacial score (nSPS) is 10.8. The Balaban J connectivity index is 1.96. The molecule has 1 aromatic carbocycles.